The zero-order valence-corrected chi connectivity index (χ0v) is 11.0. The van der Waals surface area contributed by atoms with Gasteiger partial charge in [0.25, 0.3) is 3.92 Å². The summed E-state index contributed by atoms with van der Waals surface area (Å²) in [6.45, 7) is 1.14. The van der Waals surface area contributed by atoms with Gasteiger partial charge in [-0.1, -0.05) is 34.8 Å². The van der Waals surface area contributed by atoms with Gasteiger partial charge in [0, 0.05) is 6.54 Å². The number of alkyl halides is 8. The van der Waals surface area contributed by atoms with E-state index >= 15 is 0 Å². The fourth-order valence-electron chi connectivity index (χ4n) is 1.36. The maximum atomic E-state index is 13.4. The summed E-state index contributed by atoms with van der Waals surface area (Å²) in [6, 6.07) is 0. The summed E-state index contributed by atoms with van der Waals surface area (Å²) in [5.41, 5.74) is 0. The van der Waals surface area contributed by atoms with Crippen molar-refractivity contribution in [3.63, 3.8) is 0 Å². The highest BCUT2D eigenvalue weighted by molar-refractivity contribution is 6.67. The molecule has 0 N–H and O–H groups in total. The third-order valence-corrected chi connectivity index (χ3v) is 2.77. The van der Waals surface area contributed by atoms with Crippen LogP contribution in [-0.2, 0) is 0 Å². The number of hydrogen-bond donors (Lipinski definition) is 0. The second-order valence-electron chi connectivity index (χ2n) is 3.36. The van der Waals surface area contributed by atoms with Crippen molar-refractivity contribution in [2.75, 3.05) is 6.54 Å². The van der Waals surface area contributed by atoms with Gasteiger partial charge in [0.1, 0.15) is 6.34 Å². The van der Waals surface area contributed by atoms with Crippen LogP contribution in [0.25, 0.3) is 0 Å². The van der Waals surface area contributed by atoms with Crippen molar-refractivity contribution >= 4 is 41.1 Å². The van der Waals surface area contributed by atoms with Crippen LogP contribution in [0.4, 0.5) is 22.0 Å². The maximum absolute atomic E-state index is 13.4. The maximum Gasteiger partial charge on any atom is 0.457 e. The Morgan fingerprint density at radius 2 is 1.67 bits per heavy atom. The Morgan fingerprint density at radius 3 is 2.00 bits per heavy atom. The van der Waals surface area contributed by atoms with E-state index in [0.717, 1.165) is 0 Å². The van der Waals surface area contributed by atoms with E-state index in [-0.39, 0.29) is 11.4 Å². The van der Waals surface area contributed by atoms with Gasteiger partial charge in [0.05, 0.1) is 0 Å². The van der Waals surface area contributed by atoms with E-state index in [1.54, 1.807) is 0 Å². The zero-order chi connectivity index (χ0) is 14.4. The Labute approximate surface area is 114 Å². The summed E-state index contributed by atoms with van der Waals surface area (Å²) in [5, 5.41) is 3.86. The highest BCUT2D eigenvalue weighted by Crippen LogP contribution is 2.46. The first-order chi connectivity index (χ1) is 7.93. The van der Waals surface area contributed by atoms with Gasteiger partial charge in [-0.15, -0.1) is 0 Å². The Bertz CT molecular complexity index is 340. The number of hydrogen-bond acceptors (Lipinski definition) is 3. The molecule has 11 heteroatoms. The molecule has 1 unspecified atom stereocenters. The second-order valence-corrected chi connectivity index (χ2v) is 5.58. The first-order valence-electron chi connectivity index (χ1n) is 4.53. The highest BCUT2D eigenvalue weighted by atomic mass is 35.6. The topological polar surface area (TPSA) is 18.8 Å². The van der Waals surface area contributed by atoms with Gasteiger partial charge in [0.2, 0.25) is 0 Å². The van der Waals surface area contributed by atoms with E-state index in [1.807, 2.05) is 0 Å². The lowest BCUT2D eigenvalue weighted by Crippen LogP contribution is -2.61. The van der Waals surface area contributed by atoms with Crippen LogP contribution in [0.15, 0.2) is 5.10 Å². The quantitative estimate of drug-likeness (QED) is 0.438. The molecule has 0 spiro atoms. The predicted octanol–water partition coefficient (Wildman–Crippen LogP) is 3.42. The number of halogens is 8. The van der Waals surface area contributed by atoms with Crippen LogP contribution in [0.1, 0.15) is 6.92 Å². The summed E-state index contributed by atoms with van der Waals surface area (Å²) in [6.07, 6.45) is -7.68. The standard InChI is InChI=1S/C7H7Cl3F5N3/c1-2-18-4(5(11,12)6(13,14)15)17(3-16-18)7(8,9)10/h3-4H,2H2,1H3. The minimum atomic E-state index is -5.78. The van der Waals surface area contributed by atoms with Crippen LogP contribution in [0.3, 0.4) is 0 Å². The van der Waals surface area contributed by atoms with Crippen molar-refractivity contribution in [1.82, 2.24) is 9.91 Å². The molecule has 0 bridgehead atoms. The fourth-order valence-corrected chi connectivity index (χ4v) is 1.77. The molecule has 1 atom stereocenters. The Hall–Kier alpha value is -0.210. The molecule has 106 valence electrons. The van der Waals surface area contributed by atoms with E-state index in [9.17, 15) is 22.0 Å². The van der Waals surface area contributed by atoms with Gasteiger partial charge >= 0.3 is 12.1 Å². The minimum Gasteiger partial charge on any atom is -0.289 e. The lowest BCUT2D eigenvalue weighted by Gasteiger charge is -2.38. The van der Waals surface area contributed by atoms with E-state index in [0.29, 0.717) is 11.3 Å². The van der Waals surface area contributed by atoms with Gasteiger partial charge in [-0.25, -0.2) is 0 Å². The molecule has 0 aromatic heterocycles. The summed E-state index contributed by atoms with van der Waals surface area (Å²) in [5.74, 6) is -5.11. The molecule has 1 aliphatic rings. The lowest BCUT2D eigenvalue weighted by molar-refractivity contribution is -0.314. The molecule has 0 aromatic rings. The molecular weight excluding hydrogens is 327 g/mol. The Kier molecular flexibility index (Phi) is 4.15. The summed E-state index contributed by atoms with van der Waals surface area (Å²) in [4.78, 5) is 0.231. The molecule has 3 nitrogen and oxygen atoms in total. The van der Waals surface area contributed by atoms with Gasteiger partial charge in [-0.2, -0.15) is 27.1 Å². The average Bonchev–Trinajstić information content (AvgIpc) is 2.58. The first-order valence-corrected chi connectivity index (χ1v) is 5.66. The third kappa shape index (κ3) is 2.70. The van der Waals surface area contributed by atoms with Gasteiger partial charge in [-0.3, -0.25) is 9.91 Å². The molecule has 0 aromatic carbocycles. The van der Waals surface area contributed by atoms with Crippen molar-refractivity contribution in [2.24, 2.45) is 5.10 Å². The average molecular weight is 335 g/mol. The van der Waals surface area contributed by atoms with Crippen LogP contribution in [0, 0.1) is 0 Å². The molecule has 0 amide bonds. The van der Waals surface area contributed by atoms with Gasteiger partial charge < -0.3 is 0 Å². The number of hydrazone groups is 1. The van der Waals surface area contributed by atoms with Crippen molar-refractivity contribution in [3.05, 3.63) is 0 Å². The molecule has 18 heavy (non-hydrogen) atoms. The SMILES string of the molecule is CCN1N=CN(C(Cl)(Cl)Cl)C1C(F)(F)C(F)(F)F. The molecule has 0 radical (unpaired) electrons. The Morgan fingerprint density at radius 1 is 1.17 bits per heavy atom. The zero-order valence-electron chi connectivity index (χ0n) is 8.73. The number of nitrogens with zero attached hydrogens (tertiary/aromatic N) is 3. The van der Waals surface area contributed by atoms with E-state index < -0.39 is 22.2 Å². The molecule has 0 saturated carbocycles. The van der Waals surface area contributed by atoms with Crippen molar-refractivity contribution < 1.29 is 22.0 Å². The molecule has 0 saturated heterocycles. The minimum absolute atomic E-state index is 0.204. The highest BCUT2D eigenvalue weighted by Gasteiger charge is 2.68. The van der Waals surface area contributed by atoms with Gasteiger partial charge in [-0.05, 0) is 6.92 Å². The van der Waals surface area contributed by atoms with Crippen molar-refractivity contribution in [1.29, 1.82) is 0 Å². The first kappa shape index (κ1) is 15.8. The van der Waals surface area contributed by atoms with Crippen molar-refractivity contribution in [2.45, 2.75) is 29.1 Å². The largest absolute Gasteiger partial charge is 0.457 e. The molecular formula is C7H7Cl3F5N3. The monoisotopic (exact) mass is 333 g/mol. The van der Waals surface area contributed by atoms with E-state index in [2.05, 4.69) is 5.10 Å². The summed E-state index contributed by atoms with van der Waals surface area (Å²) in [7, 11) is 0. The Balaban J connectivity index is 3.16. The van der Waals surface area contributed by atoms with Crippen LogP contribution in [0.2, 0.25) is 0 Å². The molecule has 0 fully saturated rings. The summed E-state index contributed by atoms with van der Waals surface area (Å²) < 4.78 is 61.4. The van der Waals surface area contributed by atoms with Crippen LogP contribution in [0.5, 0.6) is 0 Å². The van der Waals surface area contributed by atoms with Gasteiger partial charge in [0.15, 0.2) is 6.17 Å². The molecule has 1 aliphatic heterocycles. The van der Waals surface area contributed by atoms with E-state index in [1.165, 1.54) is 6.92 Å². The molecule has 1 heterocycles. The predicted molar refractivity (Wildman–Crippen MR) is 57.8 cm³/mol. The van der Waals surface area contributed by atoms with Crippen LogP contribution >= 0.6 is 34.8 Å². The molecule has 1 rings (SSSR count). The van der Waals surface area contributed by atoms with Crippen LogP contribution < -0.4 is 0 Å². The molecule has 0 aliphatic carbocycles. The smallest absolute Gasteiger partial charge is 0.289 e. The number of rotatable bonds is 2. The fraction of sp³-hybridized carbons (Fsp3) is 0.857. The third-order valence-electron chi connectivity index (χ3n) is 2.19. The lowest BCUT2D eigenvalue weighted by atomic mass is 10.2. The van der Waals surface area contributed by atoms with E-state index in [4.69, 9.17) is 34.8 Å². The normalized spacial score (nSPS) is 21.9. The van der Waals surface area contributed by atoms with Crippen LogP contribution in [-0.4, -0.2) is 45.0 Å². The summed E-state index contributed by atoms with van der Waals surface area (Å²) >= 11 is 16.1. The second kappa shape index (κ2) is 4.72. The van der Waals surface area contributed by atoms with Crippen molar-refractivity contribution in [3.8, 4) is 0 Å².